The van der Waals surface area contributed by atoms with Crippen LogP contribution in [0.3, 0.4) is 0 Å². The molecule has 0 aliphatic heterocycles. The molecule has 1 heterocycles. The van der Waals surface area contributed by atoms with Gasteiger partial charge in [-0.1, -0.05) is 59.1 Å². The number of fused-ring (bicyclic) bond motifs is 1. The third kappa shape index (κ3) is 4.25. The van der Waals surface area contributed by atoms with Crippen LogP contribution in [0.4, 0.5) is 0 Å². The summed E-state index contributed by atoms with van der Waals surface area (Å²) in [7, 11) is 0. The molecule has 0 radical (unpaired) electrons. The summed E-state index contributed by atoms with van der Waals surface area (Å²) >= 11 is 18.6. The Morgan fingerprint density at radius 1 is 1.00 bits per heavy atom. The van der Waals surface area contributed by atoms with Crippen molar-refractivity contribution >= 4 is 40.7 Å². The molecule has 0 spiro atoms. The van der Waals surface area contributed by atoms with E-state index < -0.39 is 18.1 Å². The minimum Gasteiger partial charge on any atom is -0.390 e. The van der Waals surface area contributed by atoms with E-state index in [9.17, 15) is 9.90 Å². The first-order valence-corrected chi connectivity index (χ1v) is 11.4. The molecule has 33 heavy (non-hydrogen) atoms. The average Bonchev–Trinajstić information content (AvgIpc) is 3.36. The number of imidazole rings is 1. The standard InChI is InChI=1S/C25H18Cl3N3O2/c26-15-5-8-17(9-6-15)31-13-21(29-24(31)19-10-7-16(27)12-20(19)28)25(33)30-23-18-4-2-1-3-14(18)11-22(23)32/h1-10,12-13,22-23,32H,11H2,(H,30,33)/t22-,23+/m1/s1. The maximum atomic E-state index is 13.2. The number of rotatable bonds is 4. The Morgan fingerprint density at radius 2 is 1.73 bits per heavy atom. The molecule has 3 aromatic carbocycles. The van der Waals surface area contributed by atoms with Crippen LogP contribution in [0, 0.1) is 0 Å². The number of aliphatic hydroxyl groups is 1. The number of benzene rings is 3. The Labute approximate surface area is 205 Å². The zero-order valence-corrected chi connectivity index (χ0v) is 19.4. The maximum absolute atomic E-state index is 13.2. The van der Waals surface area contributed by atoms with Crippen LogP contribution in [0.5, 0.6) is 0 Å². The molecule has 1 aromatic heterocycles. The molecule has 5 rings (SSSR count). The first-order chi connectivity index (χ1) is 15.9. The van der Waals surface area contributed by atoms with Gasteiger partial charge in [0, 0.05) is 33.9 Å². The molecule has 0 saturated carbocycles. The van der Waals surface area contributed by atoms with Gasteiger partial charge in [-0.05, 0) is 53.6 Å². The SMILES string of the molecule is O=C(N[C@H]1c2ccccc2C[C@H]1O)c1cn(-c2ccc(Cl)cc2)c(-c2ccc(Cl)cc2Cl)n1. The van der Waals surface area contributed by atoms with E-state index in [1.807, 2.05) is 36.4 Å². The van der Waals surface area contributed by atoms with E-state index in [4.69, 9.17) is 34.8 Å². The highest BCUT2D eigenvalue weighted by atomic mass is 35.5. The Morgan fingerprint density at radius 3 is 2.48 bits per heavy atom. The van der Waals surface area contributed by atoms with Gasteiger partial charge in [-0.15, -0.1) is 0 Å². The number of halogens is 3. The highest BCUT2D eigenvalue weighted by molar-refractivity contribution is 6.36. The van der Waals surface area contributed by atoms with Crippen LogP contribution in [0.25, 0.3) is 17.1 Å². The summed E-state index contributed by atoms with van der Waals surface area (Å²) in [6.45, 7) is 0. The lowest BCUT2D eigenvalue weighted by molar-refractivity contribution is 0.0854. The molecule has 1 aliphatic carbocycles. The zero-order valence-electron chi connectivity index (χ0n) is 17.2. The number of hydrogen-bond donors (Lipinski definition) is 2. The second-order valence-electron chi connectivity index (χ2n) is 7.84. The summed E-state index contributed by atoms with van der Waals surface area (Å²) < 4.78 is 1.78. The van der Waals surface area contributed by atoms with Gasteiger partial charge >= 0.3 is 0 Å². The lowest BCUT2D eigenvalue weighted by Crippen LogP contribution is -2.34. The Bertz CT molecular complexity index is 1350. The summed E-state index contributed by atoms with van der Waals surface area (Å²) in [6.07, 6.45) is 1.44. The number of aromatic nitrogens is 2. The van der Waals surface area contributed by atoms with Gasteiger partial charge < -0.3 is 10.4 Å². The molecule has 0 unspecified atom stereocenters. The predicted molar refractivity (Wildman–Crippen MR) is 130 cm³/mol. The molecule has 2 atom stereocenters. The van der Waals surface area contributed by atoms with Gasteiger partial charge in [-0.25, -0.2) is 4.98 Å². The third-order valence-electron chi connectivity index (χ3n) is 5.71. The molecule has 0 saturated heterocycles. The molecule has 1 aliphatic rings. The lowest BCUT2D eigenvalue weighted by Gasteiger charge is -2.17. The van der Waals surface area contributed by atoms with Gasteiger partial charge in [0.2, 0.25) is 0 Å². The van der Waals surface area contributed by atoms with Crippen molar-refractivity contribution in [2.45, 2.75) is 18.6 Å². The number of carbonyl (C=O) groups is 1. The van der Waals surface area contributed by atoms with E-state index in [1.165, 1.54) is 0 Å². The fourth-order valence-electron chi connectivity index (χ4n) is 4.11. The number of nitrogens with zero attached hydrogens (tertiary/aromatic N) is 2. The minimum absolute atomic E-state index is 0.197. The van der Waals surface area contributed by atoms with Crippen LogP contribution in [-0.4, -0.2) is 26.7 Å². The number of hydrogen-bond acceptors (Lipinski definition) is 3. The van der Waals surface area contributed by atoms with Gasteiger partial charge in [0.15, 0.2) is 0 Å². The van der Waals surface area contributed by atoms with Gasteiger partial charge in [-0.3, -0.25) is 9.36 Å². The Hall–Kier alpha value is -2.83. The molecule has 166 valence electrons. The fourth-order valence-corrected chi connectivity index (χ4v) is 4.73. The van der Waals surface area contributed by atoms with Gasteiger partial charge in [0.05, 0.1) is 17.2 Å². The first kappa shape index (κ1) is 22.0. The van der Waals surface area contributed by atoms with Crippen molar-refractivity contribution in [3.63, 3.8) is 0 Å². The van der Waals surface area contributed by atoms with Crippen LogP contribution < -0.4 is 5.32 Å². The van der Waals surface area contributed by atoms with Crippen LogP contribution in [0.15, 0.2) is 72.9 Å². The van der Waals surface area contributed by atoms with E-state index >= 15 is 0 Å². The first-order valence-electron chi connectivity index (χ1n) is 10.3. The monoisotopic (exact) mass is 497 g/mol. The minimum atomic E-state index is -0.699. The molecule has 0 bridgehead atoms. The van der Waals surface area contributed by atoms with Gasteiger partial charge in [0.1, 0.15) is 11.5 Å². The molecule has 5 nitrogen and oxygen atoms in total. The predicted octanol–water partition coefficient (Wildman–Crippen LogP) is 5.89. The highest BCUT2D eigenvalue weighted by Crippen LogP contribution is 2.33. The van der Waals surface area contributed by atoms with Crippen molar-refractivity contribution in [1.82, 2.24) is 14.9 Å². The highest BCUT2D eigenvalue weighted by Gasteiger charge is 2.32. The Kier molecular flexibility index (Phi) is 5.89. The third-order valence-corrected chi connectivity index (χ3v) is 6.51. The Balaban J connectivity index is 1.54. The summed E-state index contributed by atoms with van der Waals surface area (Å²) in [5.41, 5.74) is 3.52. The van der Waals surface area contributed by atoms with E-state index in [0.29, 0.717) is 32.9 Å². The summed E-state index contributed by atoms with van der Waals surface area (Å²) in [5.74, 6) is 0.0892. The van der Waals surface area contributed by atoms with Gasteiger partial charge in [-0.2, -0.15) is 0 Å². The molecule has 4 aromatic rings. The van der Waals surface area contributed by atoms with E-state index in [0.717, 1.165) is 16.8 Å². The number of nitrogens with one attached hydrogen (secondary N) is 1. The van der Waals surface area contributed by atoms with Crippen molar-refractivity contribution < 1.29 is 9.90 Å². The largest absolute Gasteiger partial charge is 0.390 e. The smallest absolute Gasteiger partial charge is 0.272 e. The second-order valence-corrected chi connectivity index (χ2v) is 9.12. The van der Waals surface area contributed by atoms with Crippen LogP contribution in [0.2, 0.25) is 15.1 Å². The topological polar surface area (TPSA) is 67.2 Å². The zero-order chi connectivity index (χ0) is 23.1. The summed E-state index contributed by atoms with van der Waals surface area (Å²) in [6, 6.07) is 19.5. The number of aliphatic hydroxyl groups excluding tert-OH is 1. The van der Waals surface area contributed by atoms with Gasteiger partial charge in [0.25, 0.3) is 5.91 Å². The summed E-state index contributed by atoms with van der Waals surface area (Å²) in [5, 5.41) is 15.0. The maximum Gasteiger partial charge on any atom is 0.272 e. The molecule has 2 N–H and O–H groups in total. The lowest BCUT2D eigenvalue weighted by atomic mass is 10.1. The molecular weight excluding hydrogens is 481 g/mol. The van der Waals surface area contributed by atoms with Crippen molar-refractivity contribution in [3.05, 3.63) is 105 Å². The normalized spacial score (nSPS) is 17.1. The second kappa shape index (κ2) is 8.84. The van der Waals surface area contributed by atoms with Crippen molar-refractivity contribution in [3.8, 4) is 17.1 Å². The van der Waals surface area contributed by atoms with E-state index in [1.54, 1.807) is 41.1 Å². The molecular formula is C25H18Cl3N3O2. The number of amides is 1. The van der Waals surface area contributed by atoms with E-state index in [-0.39, 0.29) is 5.69 Å². The average molecular weight is 499 g/mol. The van der Waals surface area contributed by atoms with Crippen molar-refractivity contribution in [2.75, 3.05) is 0 Å². The fraction of sp³-hybridized carbons (Fsp3) is 0.120. The van der Waals surface area contributed by atoms with Crippen molar-refractivity contribution in [1.29, 1.82) is 0 Å². The van der Waals surface area contributed by atoms with E-state index in [2.05, 4.69) is 10.3 Å². The van der Waals surface area contributed by atoms with Crippen molar-refractivity contribution in [2.24, 2.45) is 0 Å². The quantitative estimate of drug-likeness (QED) is 0.369. The molecule has 1 amide bonds. The molecule has 0 fully saturated rings. The van der Waals surface area contributed by atoms with Crippen LogP contribution in [0.1, 0.15) is 27.7 Å². The van der Waals surface area contributed by atoms with Crippen LogP contribution in [-0.2, 0) is 6.42 Å². The number of carbonyl (C=O) groups excluding carboxylic acids is 1. The molecule has 8 heteroatoms. The van der Waals surface area contributed by atoms with Crippen LogP contribution >= 0.6 is 34.8 Å². The summed E-state index contributed by atoms with van der Waals surface area (Å²) in [4.78, 5) is 17.8.